The predicted octanol–water partition coefficient (Wildman–Crippen LogP) is 3.96. The van der Waals surface area contributed by atoms with Gasteiger partial charge in [0.05, 0.1) is 36.7 Å². The summed E-state index contributed by atoms with van der Waals surface area (Å²) in [5.74, 6) is 1.45. The molecular weight excluding hydrogens is 482 g/mol. The van der Waals surface area contributed by atoms with E-state index in [2.05, 4.69) is 25.6 Å². The van der Waals surface area contributed by atoms with Gasteiger partial charge in [0.1, 0.15) is 17.6 Å². The lowest BCUT2D eigenvalue weighted by molar-refractivity contribution is -0.124. The third kappa shape index (κ3) is 5.73. The lowest BCUT2D eigenvalue weighted by Gasteiger charge is -2.24. The van der Waals surface area contributed by atoms with Crippen LogP contribution in [0, 0.1) is 11.3 Å². The molecule has 1 saturated heterocycles. The van der Waals surface area contributed by atoms with E-state index in [1.807, 2.05) is 37.3 Å². The number of carbonyl (C=O) groups is 2. The minimum atomic E-state index is -0.433. The molecule has 1 spiro atoms. The molecule has 38 heavy (non-hydrogen) atoms. The Morgan fingerprint density at radius 1 is 1.24 bits per heavy atom. The highest BCUT2D eigenvalue weighted by atomic mass is 16.5. The van der Waals surface area contributed by atoms with Crippen molar-refractivity contribution in [1.29, 1.82) is 0 Å². The molecule has 1 aliphatic carbocycles. The number of benzene rings is 1. The van der Waals surface area contributed by atoms with Crippen molar-refractivity contribution in [3.8, 4) is 17.1 Å². The molecule has 0 radical (unpaired) electrons. The van der Waals surface area contributed by atoms with Crippen molar-refractivity contribution in [1.82, 2.24) is 25.6 Å². The van der Waals surface area contributed by atoms with Crippen molar-refractivity contribution in [2.24, 2.45) is 11.3 Å². The zero-order valence-corrected chi connectivity index (χ0v) is 22.2. The Kier molecular flexibility index (Phi) is 8.04. The number of amides is 1. The van der Waals surface area contributed by atoms with Gasteiger partial charge >= 0.3 is 0 Å². The van der Waals surface area contributed by atoms with E-state index < -0.39 is 6.04 Å². The van der Waals surface area contributed by atoms with E-state index in [9.17, 15) is 9.59 Å². The zero-order valence-electron chi connectivity index (χ0n) is 22.2. The summed E-state index contributed by atoms with van der Waals surface area (Å²) in [4.78, 5) is 37.6. The van der Waals surface area contributed by atoms with Crippen LogP contribution in [0.1, 0.15) is 57.3 Å². The fourth-order valence-corrected chi connectivity index (χ4v) is 5.50. The number of aromatic amines is 1. The number of piperidine rings is 1. The number of hydrogen-bond acceptors (Lipinski definition) is 7. The molecule has 2 atom stereocenters. The van der Waals surface area contributed by atoms with E-state index in [0.29, 0.717) is 37.6 Å². The Morgan fingerprint density at radius 2 is 2.05 bits per heavy atom. The molecule has 202 valence electrons. The van der Waals surface area contributed by atoms with Gasteiger partial charge in [-0.2, -0.15) is 0 Å². The molecule has 2 aromatic heterocycles. The molecule has 1 amide bonds. The van der Waals surface area contributed by atoms with Crippen LogP contribution in [0.15, 0.2) is 36.5 Å². The monoisotopic (exact) mass is 519 g/mol. The number of carbonyl (C=O) groups excluding carboxylic acids is 2. The zero-order chi connectivity index (χ0) is 26.5. The van der Waals surface area contributed by atoms with Gasteiger partial charge in [-0.05, 0) is 56.3 Å². The second kappa shape index (κ2) is 11.6. The fourth-order valence-electron chi connectivity index (χ4n) is 5.50. The van der Waals surface area contributed by atoms with Crippen LogP contribution in [-0.4, -0.2) is 60.1 Å². The second-order valence-electron chi connectivity index (χ2n) is 10.4. The number of methoxy groups -OCH3 is 1. The van der Waals surface area contributed by atoms with Crippen LogP contribution < -0.4 is 15.4 Å². The molecule has 3 N–H and O–H groups in total. The number of nitrogens with zero attached hydrogens (tertiary/aromatic N) is 2. The highest BCUT2D eigenvalue weighted by Crippen LogP contribution is 2.58. The number of H-pyrrole nitrogens is 1. The van der Waals surface area contributed by atoms with Gasteiger partial charge in [-0.25, -0.2) is 9.97 Å². The number of ketones is 1. The van der Waals surface area contributed by atoms with Gasteiger partial charge < -0.3 is 25.1 Å². The average Bonchev–Trinajstić information content (AvgIpc) is 3.40. The molecule has 0 bridgehead atoms. The summed E-state index contributed by atoms with van der Waals surface area (Å²) in [6.07, 6.45) is 6.47. The van der Waals surface area contributed by atoms with Gasteiger partial charge in [-0.15, -0.1) is 0 Å². The first-order valence-electron chi connectivity index (χ1n) is 13.6. The Hall–Kier alpha value is -3.30. The van der Waals surface area contributed by atoms with Gasteiger partial charge in [0.25, 0.3) is 0 Å². The summed E-state index contributed by atoms with van der Waals surface area (Å²) in [5.41, 5.74) is 2.54. The highest BCUT2D eigenvalue weighted by molar-refractivity contribution is 5.85. The third-order valence-corrected chi connectivity index (χ3v) is 7.94. The van der Waals surface area contributed by atoms with Crippen LogP contribution in [-0.2, 0) is 14.3 Å². The number of aromatic nitrogens is 3. The topological polar surface area (TPSA) is 118 Å². The molecule has 1 saturated carbocycles. The van der Waals surface area contributed by atoms with Gasteiger partial charge in [-0.3, -0.25) is 9.59 Å². The largest absolute Gasteiger partial charge is 0.480 e. The van der Waals surface area contributed by atoms with Gasteiger partial charge in [0.15, 0.2) is 0 Å². The summed E-state index contributed by atoms with van der Waals surface area (Å²) < 4.78 is 11.5. The first kappa shape index (κ1) is 26.3. The Bertz CT molecular complexity index is 1280. The first-order valence-corrected chi connectivity index (χ1v) is 13.6. The smallest absolute Gasteiger partial charge is 0.224 e. The van der Waals surface area contributed by atoms with E-state index in [0.717, 1.165) is 54.5 Å². The molecule has 2 aliphatic rings. The SMILES string of the molecule is CCC(=O)CCCOCC(NC(=O)[C@H]1CC12CCNCC2)c1ncc(-c2cc3ccccc3nc2OC)[nH]1. The third-order valence-electron chi connectivity index (χ3n) is 7.94. The van der Waals surface area contributed by atoms with Crippen LogP contribution >= 0.6 is 0 Å². The lowest BCUT2D eigenvalue weighted by Crippen LogP contribution is -2.37. The Morgan fingerprint density at radius 3 is 2.84 bits per heavy atom. The predicted molar refractivity (Wildman–Crippen MR) is 145 cm³/mol. The average molecular weight is 520 g/mol. The van der Waals surface area contributed by atoms with Gasteiger partial charge in [-0.1, -0.05) is 25.1 Å². The van der Waals surface area contributed by atoms with Crippen molar-refractivity contribution >= 4 is 22.6 Å². The molecule has 1 aliphatic heterocycles. The molecule has 1 aromatic carbocycles. The number of pyridine rings is 1. The molecule has 9 heteroatoms. The minimum Gasteiger partial charge on any atom is -0.480 e. The van der Waals surface area contributed by atoms with Gasteiger partial charge in [0, 0.05) is 30.8 Å². The van der Waals surface area contributed by atoms with Crippen LogP contribution in [0.3, 0.4) is 0 Å². The van der Waals surface area contributed by atoms with Crippen molar-refractivity contribution in [3.05, 3.63) is 42.4 Å². The van der Waals surface area contributed by atoms with Crippen molar-refractivity contribution in [2.45, 2.75) is 51.5 Å². The fraction of sp³-hybridized carbons (Fsp3) is 0.517. The van der Waals surface area contributed by atoms with E-state index in [1.54, 1.807) is 13.3 Å². The normalized spacial score (nSPS) is 18.8. The van der Waals surface area contributed by atoms with E-state index >= 15 is 0 Å². The molecule has 1 unspecified atom stereocenters. The van der Waals surface area contributed by atoms with Crippen molar-refractivity contribution in [3.63, 3.8) is 0 Å². The summed E-state index contributed by atoms with van der Waals surface area (Å²) in [6, 6.07) is 9.47. The van der Waals surface area contributed by atoms with Crippen LogP contribution in [0.25, 0.3) is 22.2 Å². The van der Waals surface area contributed by atoms with E-state index in [1.165, 1.54) is 0 Å². The van der Waals surface area contributed by atoms with E-state index in [4.69, 9.17) is 9.47 Å². The standard InChI is InChI=1S/C29H37N5O4/c1-3-20(35)8-6-14-38-18-25(33-27(36)22-16-29(22)10-12-30-13-11-29)26-31-17-24(32-26)21-15-19-7-4-5-9-23(19)34-28(21)37-2/h4-5,7,9,15,17,22,25,30H,3,6,8,10-14,16,18H2,1-2H3,(H,31,32)(H,33,36)/t22-,25?/m1/s1. The summed E-state index contributed by atoms with van der Waals surface area (Å²) >= 11 is 0. The molecular formula is C29H37N5O4. The molecule has 3 heterocycles. The number of rotatable bonds is 12. The summed E-state index contributed by atoms with van der Waals surface area (Å²) in [5, 5.41) is 7.60. The number of Topliss-reactive ketones (excluding diaryl/α,β-unsaturated/α-hetero) is 1. The second-order valence-corrected chi connectivity index (χ2v) is 10.4. The Balaban J connectivity index is 1.33. The maximum absolute atomic E-state index is 13.3. The molecule has 5 rings (SSSR count). The highest BCUT2D eigenvalue weighted by Gasteiger charge is 2.57. The van der Waals surface area contributed by atoms with Crippen LogP contribution in [0.4, 0.5) is 0 Å². The van der Waals surface area contributed by atoms with Crippen LogP contribution in [0.2, 0.25) is 0 Å². The number of imidazole rings is 1. The number of hydrogen-bond donors (Lipinski definition) is 3. The number of nitrogens with one attached hydrogen (secondary N) is 3. The van der Waals surface area contributed by atoms with Crippen LogP contribution in [0.5, 0.6) is 5.88 Å². The molecule has 9 nitrogen and oxygen atoms in total. The Labute approximate surface area is 223 Å². The van der Waals surface area contributed by atoms with Gasteiger partial charge in [0.2, 0.25) is 11.8 Å². The van der Waals surface area contributed by atoms with Crippen molar-refractivity contribution in [2.75, 3.05) is 33.4 Å². The minimum absolute atomic E-state index is 0.0356. The quantitative estimate of drug-likeness (QED) is 0.310. The van der Waals surface area contributed by atoms with Crippen molar-refractivity contribution < 1.29 is 19.1 Å². The number of fused-ring (bicyclic) bond motifs is 1. The summed E-state index contributed by atoms with van der Waals surface area (Å²) in [6.45, 7) is 4.53. The maximum atomic E-state index is 13.3. The molecule has 2 fully saturated rings. The number of ether oxygens (including phenoxy) is 2. The number of para-hydroxylation sites is 1. The van der Waals surface area contributed by atoms with E-state index in [-0.39, 0.29) is 29.6 Å². The summed E-state index contributed by atoms with van der Waals surface area (Å²) in [7, 11) is 1.60. The molecule has 3 aromatic rings. The maximum Gasteiger partial charge on any atom is 0.224 e. The first-order chi connectivity index (χ1) is 18.5. The lowest BCUT2D eigenvalue weighted by atomic mass is 9.91.